The number of fused-ring (bicyclic) bond motifs is 1. The minimum atomic E-state index is -0.445. The van der Waals surface area contributed by atoms with Crippen molar-refractivity contribution in [1.29, 1.82) is 0 Å². The number of aromatic nitrogens is 1. The van der Waals surface area contributed by atoms with Crippen LogP contribution < -0.4 is 0 Å². The van der Waals surface area contributed by atoms with Crippen LogP contribution in [0.5, 0.6) is 0 Å². The van der Waals surface area contributed by atoms with Gasteiger partial charge in [-0.25, -0.2) is 0 Å². The molecule has 0 aliphatic carbocycles. The molecule has 0 spiro atoms. The zero-order chi connectivity index (χ0) is 9.97. The van der Waals surface area contributed by atoms with E-state index >= 15 is 0 Å². The van der Waals surface area contributed by atoms with Crippen LogP contribution in [0.15, 0.2) is 36.5 Å². The van der Waals surface area contributed by atoms with E-state index in [1.54, 1.807) is 0 Å². The molecule has 0 aliphatic heterocycles. The van der Waals surface area contributed by atoms with Crippen molar-refractivity contribution in [3.63, 3.8) is 0 Å². The number of nitrogens with zero attached hydrogens (tertiary/aromatic N) is 1. The molecule has 1 N–H and O–H groups in total. The summed E-state index contributed by atoms with van der Waals surface area (Å²) in [5, 5.41) is 11.9. The van der Waals surface area contributed by atoms with Crippen LogP contribution in [-0.2, 0) is 0 Å². The Bertz CT molecular complexity index is 439. The van der Waals surface area contributed by atoms with E-state index in [4.69, 9.17) is 0 Å². The van der Waals surface area contributed by atoms with E-state index in [-0.39, 0.29) is 0 Å². The molecule has 0 amide bonds. The summed E-state index contributed by atoms with van der Waals surface area (Å²) in [5.41, 5.74) is 0.756. The number of aliphatic hydroxyl groups is 1. The third-order valence-corrected chi connectivity index (χ3v) is 2.38. The first-order valence-electron chi connectivity index (χ1n) is 4.84. The summed E-state index contributed by atoms with van der Waals surface area (Å²) < 4.78 is 0. The van der Waals surface area contributed by atoms with Crippen LogP contribution >= 0.6 is 0 Å². The second kappa shape index (κ2) is 3.76. The van der Waals surface area contributed by atoms with Gasteiger partial charge in [-0.1, -0.05) is 31.2 Å². The van der Waals surface area contributed by atoms with Crippen LogP contribution in [0.4, 0.5) is 0 Å². The molecule has 2 nitrogen and oxygen atoms in total. The lowest BCUT2D eigenvalue weighted by atomic mass is 10.1. The first-order chi connectivity index (χ1) is 6.81. The van der Waals surface area contributed by atoms with E-state index in [1.165, 1.54) is 0 Å². The van der Waals surface area contributed by atoms with Gasteiger partial charge in [0.05, 0.1) is 11.8 Å². The summed E-state index contributed by atoms with van der Waals surface area (Å²) in [4.78, 5) is 4.23. The van der Waals surface area contributed by atoms with Crippen LogP contribution in [0, 0.1) is 0 Å². The van der Waals surface area contributed by atoms with Crippen molar-refractivity contribution in [2.24, 2.45) is 0 Å². The van der Waals surface area contributed by atoms with Gasteiger partial charge in [0.25, 0.3) is 0 Å². The second-order valence-corrected chi connectivity index (χ2v) is 3.38. The lowest BCUT2D eigenvalue weighted by Crippen LogP contribution is -1.97. The maximum atomic E-state index is 9.63. The molecule has 2 aromatic rings. The number of benzene rings is 1. The Morgan fingerprint density at radius 1 is 1.29 bits per heavy atom. The summed E-state index contributed by atoms with van der Waals surface area (Å²) in [6.45, 7) is 1.95. The van der Waals surface area contributed by atoms with Crippen molar-refractivity contribution in [3.8, 4) is 0 Å². The molecule has 2 heteroatoms. The summed E-state index contributed by atoms with van der Waals surface area (Å²) in [5.74, 6) is 0. The quantitative estimate of drug-likeness (QED) is 0.784. The molecule has 1 aromatic heterocycles. The van der Waals surface area contributed by atoms with E-state index in [0.29, 0.717) is 6.42 Å². The monoisotopic (exact) mass is 187 g/mol. The lowest BCUT2D eigenvalue weighted by molar-refractivity contribution is 0.169. The van der Waals surface area contributed by atoms with Gasteiger partial charge < -0.3 is 5.11 Å². The van der Waals surface area contributed by atoms with Gasteiger partial charge in [-0.2, -0.15) is 0 Å². The Morgan fingerprint density at radius 2 is 2.00 bits per heavy atom. The highest BCUT2D eigenvalue weighted by Gasteiger charge is 2.06. The Kier molecular flexibility index (Phi) is 2.46. The average Bonchev–Trinajstić information content (AvgIpc) is 2.27. The fourth-order valence-corrected chi connectivity index (χ4v) is 1.49. The Morgan fingerprint density at radius 3 is 2.71 bits per heavy atom. The predicted octanol–water partition coefficient (Wildman–Crippen LogP) is 2.68. The molecule has 1 atom stereocenters. The van der Waals surface area contributed by atoms with Gasteiger partial charge in [0.1, 0.15) is 0 Å². The van der Waals surface area contributed by atoms with E-state index in [2.05, 4.69) is 4.98 Å². The first-order valence-corrected chi connectivity index (χ1v) is 4.84. The van der Waals surface area contributed by atoms with Crippen molar-refractivity contribution < 1.29 is 5.11 Å². The number of rotatable bonds is 2. The molecule has 2 rings (SSSR count). The Labute approximate surface area is 83.2 Å². The van der Waals surface area contributed by atoms with Crippen molar-refractivity contribution >= 4 is 10.8 Å². The minimum Gasteiger partial charge on any atom is -0.387 e. The predicted molar refractivity (Wildman–Crippen MR) is 57.0 cm³/mol. The third kappa shape index (κ3) is 1.61. The Hall–Kier alpha value is -1.41. The van der Waals surface area contributed by atoms with Gasteiger partial charge in [0.2, 0.25) is 0 Å². The topological polar surface area (TPSA) is 33.1 Å². The smallest absolute Gasteiger partial charge is 0.0957 e. The number of hydrogen-bond acceptors (Lipinski definition) is 2. The molecule has 0 radical (unpaired) electrons. The molecule has 14 heavy (non-hydrogen) atoms. The SMILES string of the molecule is CC[C@H](O)c1cc2ccccc2cn1. The summed E-state index contributed by atoms with van der Waals surface area (Å²) in [6.07, 6.45) is 2.06. The molecular weight excluding hydrogens is 174 g/mol. The maximum Gasteiger partial charge on any atom is 0.0957 e. The van der Waals surface area contributed by atoms with Crippen LogP contribution in [0.3, 0.4) is 0 Å². The largest absolute Gasteiger partial charge is 0.387 e. The highest BCUT2D eigenvalue weighted by Crippen LogP contribution is 2.19. The zero-order valence-corrected chi connectivity index (χ0v) is 8.14. The van der Waals surface area contributed by atoms with Gasteiger partial charge in [-0.3, -0.25) is 4.98 Å². The van der Waals surface area contributed by atoms with Crippen LogP contribution in [0.2, 0.25) is 0 Å². The third-order valence-electron chi connectivity index (χ3n) is 2.38. The van der Waals surface area contributed by atoms with Gasteiger partial charge in [0.15, 0.2) is 0 Å². The molecule has 1 heterocycles. The fourth-order valence-electron chi connectivity index (χ4n) is 1.49. The maximum absolute atomic E-state index is 9.63. The molecule has 72 valence electrons. The van der Waals surface area contributed by atoms with Gasteiger partial charge in [0, 0.05) is 11.6 Å². The highest BCUT2D eigenvalue weighted by atomic mass is 16.3. The molecule has 0 saturated heterocycles. The van der Waals surface area contributed by atoms with E-state index in [0.717, 1.165) is 16.5 Å². The number of pyridine rings is 1. The molecule has 0 fully saturated rings. The molecule has 1 aromatic carbocycles. The summed E-state index contributed by atoms with van der Waals surface area (Å²) >= 11 is 0. The normalized spacial score (nSPS) is 13.0. The molecular formula is C12H13NO. The zero-order valence-electron chi connectivity index (χ0n) is 8.14. The van der Waals surface area contributed by atoms with Crippen molar-refractivity contribution in [3.05, 3.63) is 42.2 Å². The molecule has 0 saturated carbocycles. The van der Waals surface area contributed by atoms with Gasteiger partial charge in [-0.15, -0.1) is 0 Å². The van der Waals surface area contributed by atoms with Crippen molar-refractivity contribution in [2.75, 3.05) is 0 Å². The van der Waals surface area contributed by atoms with Crippen molar-refractivity contribution in [2.45, 2.75) is 19.4 Å². The highest BCUT2D eigenvalue weighted by molar-refractivity contribution is 5.81. The van der Waals surface area contributed by atoms with Crippen LogP contribution in [0.25, 0.3) is 10.8 Å². The van der Waals surface area contributed by atoms with Crippen LogP contribution in [-0.4, -0.2) is 10.1 Å². The second-order valence-electron chi connectivity index (χ2n) is 3.38. The first kappa shape index (κ1) is 9.16. The summed E-state index contributed by atoms with van der Waals surface area (Å²) in [6, 6.07) is 9.97. The molecule has 0 bridgehead atoms. The van der Waals surface area contributed by atoms with Crippen molar-refractivity contribution in [1.82, 2.24) is 4.98 Å². The number of hydrogen-bond donors (Lipinski definition) is 1. The Balaban J connectivity index is 2.51. The van der Waals surface area contributed by atoms with Crippen LogP contribution in [0.1, 0.15) is 25.1 Å². The van der Waals surface area contributed by atoms with Gasteiger partial charge >= 0.3 is 0 Å². The van der Waals surface area contributed by atoms with E-state index in [1.807, 2.05) is 43.5 Å². The standard InChI is InChI=1S/C12H13NO/c1-2-12(14)11-7-9-5-3-4-6-10(9)8-13-11/h3-8,12,14H,2H2,1H3/t12-/m0/s1. The molecule has 0 aliphatic rings. The lowest BCUT2D eigenvalue weighted by Gasteiger charge is -2.07. The number of aliphatic hydroxyl groups excluding tert-OH is 1. The fraction of sp³-hybridized carbons (Fsp3) is 0.250. The van der Waals surface area contributed by atoms with E-state index < -0.39 is 6.10 Å². The van der Waals surface area contributed by atoms with Gasteiger partial charge in [-0.05, 0) is 17.9 Å². The molecule has 0 unspecified atom stereocenters. The minimum absolute atomic E-state index is 0.445. The van der Waals surface area contributed by atoms with E-state index in [9.17, 15) is 5.11 Å². The average molecular weight is 187 g/mol. The summed E-state index contributed by atoms with van der Waals surface area (Å²) in [7, 11) is 0.